The predicted octanol–water partition coefficient (Wildman–Crippen LogP) is 5.29. The van der Waals surface area contributed by atoms with E-state index in [4.69, 9.17) is 21.1 Å². The number of rotatable bonds is 8. The topological polar surface area (TPSA) is 59.6 Å². The summed E-state index contributed by atoms with van der Waals surface area (Å²) < 4.78 is 11.1. The van der Waals surface area contributed by atoms with Crippen LogP contribution in [0.15, 0.2) is 66.7 Å². The van der Waals surface area contributed by atoms with Crippen molar-refractivity contribution < 1.29 is 14.3 Å². The van der Waals surface area contributed by atoms with Crippen LogP contribution in [-0.4, -0.2) is 19.6 Å². The van der Waals surface area contributed by atoms with E-state index in [0.29, 0.717) is 23.1 Å². The maximum atomic E-state index is 12.1. The molecule has 0 atom stereocenters. The van der Waals surface area contributed by atoms with Crippen molar-refractivity contribution in [3.63, 3.8) is 0 Å². The smallest absolute Gasteiger partial charge is 0.262 e. The second kappa shape index (κ2) is 9.85. The fourth-order valence-electron chi connectivity index (χ4n) is 2.72. The number of aryl methyl sites for hydroxylation is 1. The summed E-state index contributed by atoms with van der Waals surface area (Å²) in [7, 11) is 1.57. The SMILES string of the molecule is COc1cc(CNc2ccccc2Cl)ccc1OCC(=O)Nc1ccc(C)cc1. The third-order valence-corrected chi connectivity index (χ3v) is 4.61. The highest BCUT2D eigenvalue weighted by atomic mass is 35.5. The van der Waals surface area contributed by atoms with Crippen molar-refractivity contribution in [3.05, 3.63) is 82.9 Å². The van der Waals surface area contributed by atoms with Gasteiger partial charge in [0, 0.05) is 12.2 Å². The lowest BCUT2D eigenvalue weighted by Gasteiger charge is -2.13. The lowest BCUT2D eigenvalue weighted by molar-refractivity contribution is -0.118. The Balaban J connectivity index is 1.57. The first-order valence-electron chi connectivity index (χ1n) is 9.20. The lowest BCUT2D eigenvalue weighted by atomic mass is 10.2. The molecule has 0 unspecified atom stereocenters. The molecular formula is C23H23ClN2O3. The summed E-state index contributed by atoms with van der Waals surface area (Å²) in [6.07, 6.45) is 0. The van der Waals surface area contributed by atoms with E-state index in [2.05, 4.69) is 10.6 Å². The first kappa shape index (κ1) is 20.6. The van der Waals surface area contributed by atoms with Crippen LogP contribution in [0.4, 0.5) is 11.4 Å². The summed E-state index contributed by atoms with van der Waals surface area (Å²) in [6.45, 7) is 2.46. The van der Waals surface area contributed by atoms with E-state index in [1.165, 1.54) is 0 Å². The van der Waals surface area contributed by atoms with Crippen molar-refractivity contribution in [2.24, 2.45) is 0 Å². The summed E-state index contributed by atoms with van der Waals surface area (Å²) in [6, 6.07) is 20.7. The van der Waals surface area contributed by atoms with E-state index in [0.717, 1.165) is 22.5 Å². The molecule has 3 aromatic rings. The van der Waals surface area contributed by atoms with E-state index in [9.17, 15) is 4.79 Å². The van der Waals surface area contributed by atoms with Crippen LogP contribution < -0.4 is 20.1 Å². The Morgan fingerprint density at radius 1 is 1.00 bits per heavy atom. The minimum absolute atomic E-state index is 0.110. The molecule has 0 heterocycles. The van der Waals surface area contributed by atoms with Crippen molar-refractivity contribution in [1.29, 1.82) is 0 Å². The summed E-state index contributed by atoms with van der Waals surface area (Å²) in [4.78, 5) is 12.1. The van der Waals surface area contributed by atoms with Gasteiger partial charge in [-0.05, 0) is 48.9 Å². The van der Waals surface area contributed by atoms with Crippen molar-refractivity contribution >= 4 is 28.9 Å². The van der Waals surface area contributed by atoms with Crippen LogP contribution in [0.5, 0.6) is 11.5 Å². The standard InChI is InChI=1S/C23H23ClN2O3/c1-16-7-10-18(11-8-16)26-23(27)15-29-21-12-9-17(13-22(21)28-2)14-25-20-6-4-3-5-19(20)24/h3-13,25H,14-15H2,1-2H3,(H,26,27). The molecule has 0 aliphatic rings. The number of benzene rings is 3. The Labute approximate surface area is 175 Å². The molecule has 0 aliphatic heterocycles. The summed E-state index contributed by atoms with van der Waals surface area (Å²) in [5.41, 5.74) is 3.73. The van der Waals surface area contributed by atoms with Crippen LogP contribution in [0.2, 0.25) is 5.02 Å². The van der Waals surface area contributed by atoms with E-state index in [1.54, 1.807) is 13.2 Å². The fourth-order valence-corrected chi connectivity index (χ4v) is 2.92. The van der Waals surface area contributed by atoms with Crippen LogP contribution in [0.1, 0.15) is 11.1 Å². The third kappa shape index (κ3) is 5.90. The third-order valence-electron chi connectivity index (χ3n) is 4.28. The molecule has 0 bridgehead atoms. The van der Waals surface area contributed by atoms with Gasteiger partial charge in [0.2, 0.25) is 0 Å². The maximum absolute atomic E-state index is 12.1. The Kier molecular flexibility index (Phi) is 6.98. The van der Waals surface area contributed by atoms with Gasteiger partial charge >= 0.3 is 0 Å². The zero-order valence-corrected chi connectivity index (χ0v) is 17.1. The van der Waals surface area contributed by atoms with Crippen LogP contribution in [0, 0.1) is 6.92 Å². The Hall–Kier alpha value is -3.18. The number of carbonyl (C=O) groups excluding carboxylic acids is 1. The molecule has 0 aliphatic carbocycles. The highest BCUT2D eigenvalue weighted by Gasteiger charge is 2.09. The normalized spacial score (nSPS) is 10.3. The second-order valence-corrected chi connectivity index (χ2v) is 6.93. The van der Waals surface area contributed by atoms with Crippen molar-refractivity contribution in [3.8, 4) is 11.5 Å². The number of hydrogen-bond acceptors (Lipinski definition) is 4. The molecule has 29 heavy (non-hydrogen) atoms. The minimum atomic E-state index is -0.236. The van der Waals surface area contributed by atoms with Gasteiger partial charge in [-0.1, -0.05) is 47.5 Å². The molecule has 1 amide bonds. The van der Waals surface area contributed by atoms with Gasteiger partial charge in [-0.15, -0.1) is 0 Å². The predicted molar refractivity (Wildman–Crippen MR) is 117 cm³/mol. The van der Waals surface area contributed by atoms with Gasteiger partial charge in [-0.2, -0.15) is 0 Å². The fraction of sp³-hybridized carbons (Fsp3) is 0.174. The minimum Gasteiger partial charge on any atom is -0.493 e. The number of amides is 1. The molecule has 150 valence electrons. The number of nitrogens with one attached hydrogen (secondary N) is 2. The van der Waals surface area contributed by atoms with Crippen LogP contribution >= 0.6 is 11.6 Å². The van der Waals surface area contributed by atoms with Gasteiger partial charge in [0.05, 0.1) is 17.8 Å². The first-order chi connectivity index (χ1) is 14.0. The number of halogens is 1. The summed E-state index contributed by atoms with van der Waals surface area (Å²) in [5.74, 6) is 0.833. The molecule has 5 nitrogen and oxygen atoms in total. The Morgan fingerprint density at radius 3 is 2.48 bits per heavy atom. The van der Waals surface area contributed by atoms with Gasteiger partial charge in [-0.3, -0.25) is 4.79 Å². The summed E-state index contributed by atoms with van der Waals surface area (Å²) >= 11 is 6.17. The zero-order chi connectivity index (χ0) is 20.6. The molecule has 0 radical (unpaired) electrons. The molecule has 6 heteroatoms. The molecule has 0 spiro atoms. The monoisotopic (exact) mass is 410 g/mol. The molecule has 3 aromatic carbocycles. The van der Waals surface area contributed by atoms with E-state index < -0.39 is 0 Å². The van der Waals surface area contributed by atoms with Crippen LogP contribution in [0.3, 0.4) is 0 Å². The largest absolute Gasteiger partial charge is 0.493 e. The average molecular weight is 411 g/mol. The first-order valence-corrected chi connectivity index (χ1v) is 9.57. The van der Waals surface area contributed by atoms with Crippen LogP contribution in [-0.2, 0) is 11.3 Å². The number of hydrogen-bond donors (Lipinski definition) is 2. The number of ether oxygens (including phenoxy) is 2. The number of carbonyl (C=O) groups is 1. The quantitative estimate of drug-likeness (QED) is 0.530. The number of methoxy groups -OCH3 is 1. The molecule has 0 aromatic heterocycles. The second-order valence-electron chi connectivity index (χ2n) is 6.52. The molecule has 2 N–H and O–H groups in total. The average Bonchev–Trinajstić information content (AvgIpc) is 2.73. The lowest BCUT2D eigenvalue weighted by Crippen LogP contribution is -2.20. The molecule has 0 saturated heterocycles. The van der Waals surface area contributed by atoms with Gasteiger partial charge in [0.15, 0.2) is 18.1 Å². The molecular weight excluding hydrogens is 388 g/mol. The van der Waals surface area contributed by atoms with E-state index in [1.807, 2.05) is 67.6 Å². The molecule has 0 fully saturated rings. The summed E-state index contributed by atoms with van der Waals surface area (Å²) in [5, 5.41) is 6.76. The zero-order valence-electron chi connectivity index (χ0n) is 16.4. The Morgan fingerprint density at radius 2 is 1.76 bits per heavy atom. The van der Waals surface area contributed by atoms with E-state index >= 15 is 0 Å². The van der Waals surface area contributed by atoms with Gasteiger partial charge < -0.3 is 20.1 Å². The highest BCUT2D eigenvalue weighted by Crippen LogP contribution is 2.29. The van der Waals surface area contributed by atoms with Crippen molar-refractivity contribution in [2.75, 3.05) is 24.4 Å². The van der Waals surface area contributed by atoms with Gasteiger partial charge in [0.25, 0.3) is 5.91 Å². The Bertz CT molecular complexity index is 974. The van der Waals surface area contributed by atoms with Crippen molar-refractivity contribution in [1.82, 2.24) is 0 Å². The van der Waals surface area contributed by atoms with Gasteiger partial charge in [-0.25, -0.2) is 0 Å². The number of para-hydroxylation sites is 1. The molecule has 0 saturated carbocycles. The molecule has 3 rings (SSSR count). The highest BCUT2D eigenvalue weighted by molar-refractivity contribution is 6.33. The van der Waals surface area contributed by atoms with Crippen molar-refractivity contribution in [2.45, 2.75) is 13.5 Å². The van der Waals surface area contributed by atoms with Gasteiger partial charge in [0.1, 0.15) is 0 Å². The number of anilines is 2. The van der Waals surface area contributed by atoms with Crippen LogP contribution in [0.25, 0.3) is 0 Å². The van der Waals surface area contributed by atoms with E-state index in [-0.39, 0.29) is 12.5 Å². The maximum Gasteiger partial charge on any atom is 0.262 e.